The van der Waals surface area contributed by atoms with Gasteiger partial charge in [0.25, 0.3) is 0 Å². The first-order chi connectivity index (χ1) is 6.77. The van der Waals surface area contributed by atoms with E-state index in [1.54, 1.807) is 7.05 Å². The third kappa shape index (κ3) is 3.93. The molecule has 0 radical (unpaired) electrons. The highest BCUT2D eigenvalue weighted by atomic mass is 16.5. The predicted molar refractivity (Wildman–Crippen MR) is 56.9 cm³/mol. The van der Waals surface area contributed by atoms with Crippen LogP contribution in [0.15, 0.2) is 4.99 Å². The van der Waals surface area contributed by atoms with E-state index < -0.39 is 0 Å². The normalized spacial score (nSPS) is 16.9. The molecule has 0 heterocycles. The van der Waals surface area contributed by atoms with Gasteiger partial charge in [-0.05, 0) is 18.8 Å². The Morgan fingerprint density at radius 2 is 2.36 bits per heavy atom. The minimum Gasteiger partial charge on any atom is -0.379 e. The van der Waals surface area contributed by atoms with Gasteiger partial charge in [0, 0.05) is 27.2 Å². The zero-order valence-corrected chi connectivity index (χ0v) is 8.99. The third-order valence-electron chi connectivity index (χ3n) is 2.32. The van der Waals surface area contributed by atoms with Crippen LogP contribution in [-0.4, -0.2) is 44.7 Å². The molecule has 0 amide bonds. The Hall–Kier alpha value is -0.810. The lowest BCUT2D eigenvalue weighted by Crippen LogP contribution is -2.43. The molecule has 1 aliphatic rings. The SMILES string of the molecule is CN=C(NN)N(C)CCOCC1CC1. The second-order valence-electron chi connectivity index (χ2n) is 3.63. The van der Waals surface area contributed by atoms with Crippen molar-refractivity contribution in [2.45, 2.75) is 12.8 Å². The molecule has 5 nitrogen and oxygen atoms in total. The topological polar surface area (TPSA) is 62.9 Å². The first-order valence-electron chi connectivity index (χ1n) is 5.00. The Kier molecular flexibility index (Phi) is 4.69. The van der Waals surface area contributed by atoms with Crippen LogP contribution in [0.25, 0.3) is 0 Å². The molecule has 0 aromatic carbocycles. The van der Waals surface area contributed by atoms with Gasteiger partial charge in [0.05, 0.1) is 6.61 Å². The molecule has 0 unspecified atom stereocenters. The van der Waals surface area contributed by atoms with Gasteiger partial charge < -0.3 is 9.64 Å². The van der Waals surface area contributed by atoms with Crippen molar-refractivity contribution in [3.63, 3.8) is 0 Å². The fraction of sp³-hybridized carbons (Fsp3) is 0.889. The number of rotatable bonds is 5. The molecule has 0 aliphatic heterocycles. The van der Waals surface area contributed by atoms with E-state index >= 15 is 0 Å². The number of hydrogen-bond acceptors (Lipinski definition) is 3. The maximum absolute atomic E-state index is 5.50. The number of aliphatic imine (C=N–C) groups is 1. The summed E-state index contributed by atoms with van der Waals surface area (Å²) in [6, 6.07) is 0. The predicted octanol–water partition coefficient (Wildman–Crippen LogP) is -0.206. The van der Waals surface area contributed by atoms with E-state index in [1.165, 1.54) is 12.8 Å². The quantitative estimate of drug-likeness (QED) is 0.212. The Balaban J connectivity index is 2.03. The lowest BCUT2D eigenvalue weighted by Gasteiger charge is -2.19. The van der Waals surface area contributed by atoms with E-state index in [2.05, 4.69) is 10.4 Å². The molecule has 0 saturated heterocycles. The number of nitrogens with zero attached hydrogens (tertiary/aromatic N) is 2. The van der Waals surface area contributed by atoms with Gasteiger partial charge in [-0.25, -0.2) is 5.84 Å². The highest BCUT2D eigenvalue weighted by Crippen LogP contribution is 2.28. The van der Waals surface area contributed by atoms with E-state index in [0.717, 1.165) is 25.7 Å². The second kappa shape index (κ2) is 5.82. The molecule has 0 atom stereocenters. The lowest BCUT2D eigenvalue weighted by atomic mass is 10.5. The van der Waals surface area contributed by atoms with E-state index in [9.17, 15) is 0 Å². The van der Waals surface area contributed by atoms with Gasteiger partial charge in [-0.2, -0.15) is 0 Å². The molecule has 14 heavy (non-hydrogen) atoms. The van der Waals surface area contributed by atoms with E-state index in [-0.39, 0.29) is 0 Å². The summed E-state index contributed by atoms with van der Waals surface area (Å²) in [7, 11) is 3.64. The molecule has 1 aliphatic carbocycles. The van der Waals surface area contributed by atoms with Gasteiger partial charge in [0.15, 0.2) is 0 Å². The molecular weight excluding hydrogens is 180 g/mol. The van der Waals surface area contributed by atoms with Crippen molar-refractivity contribution in [2.24, 2.45) is 16.8 Å². The molecule has 3 N–H and O–H groups in total. The Morgan fingerprint density at radius 1 is 1.64 bits per heavy atom. The van der Waals surface area contributed by atoms with Gasteiger partial charge in [-0.15, -0.1) is 0 Å². The summed E-state index contributed by atoms with van der Waals surface area (Å²) in [5.41, 5.74) is 2.53. The van der Waals surface area contributed by atoms with Crippen molar-refractivity contribution < 1.29 is 4.74 Å². The molecule has 0 bridgehead atoms. The van der Waals surface area contributed by atoms with Gasteiger partial charge >= 0.3 is 0 Å². The number of nitrogens with two attached hydrogens (primary N) is 1. The highest BCUT2D eigenvalue weighted by molar-refractivity contribution is 5.78. The number of likely N-dealkylation sites (N-methyl/N-ethyl adjacent to an activating group) is 1. The number of ether oxygens (including phenoxy) is 1. The number of nitrogens with one attached hydrogen (secondary N) is 1. The fourth-order valence-corrected chi connectivity index (χ4v) is 1.19. The summed E-state index contributed by atoms with van der Waals surface area (Å²) >= 11 is 0. The second-order valence-corrected chi connectivity index (χ2v) is 3.63. The zero-order chi connectivity index (χ0) is 10.4. The van der Waals surface area contributed by atoms with Crippen LogP contribution in [-0.2, 0) is 4.74 Å². The maximum Gasteiger partial charge on any atom is 0.207 e. The van der Waals surface area contributed by atoms with Gasteiger partial charge in [-0.1, -0.05) is 0 Å². The molecular formula is C9H20N4O. The number of hydrazine groups is 1. The summed E-state index contributed by atoms with van der Waals surface area (Å²) in [5, 5.41) is 0. The molecule has 0 aromatic rings. The van der Waals surface area contributed by atoms with Crippen LogP contribution >= 0.6 is 0 Å². The summed E-state index contributed by atoms with van der Waals surface area (Å²) < 4.78 is 5.50. The van der Waals surface area contributed by atoms with Crippen molar-refractivity contribution in [2.75, 3.05) is 33.9 Å². The Labute approximate surface area is 85.3 Å². The molecule has 0 aromatic heterocycles. The van der Waals surface area contributed by atoms with Crippen LogP contribution in [0.5, 0.6) is 0 Å². The Morgan fingerprint density at radius 3 is 2.86 bits per heavy atom. The molecule has 1 saturated carbocycles. The van der Waals surface area contributed by atoms with Crippen LogP contribution in [0.3, 0.4) is 0 Å². The van der Waals surface area contributed by atoms with Crippen LogP contribution in [0.4, 0.5) is 0 Å². The standard InChI is InChI=1S/C9H20N4O/c1-11-9(12-10)13(2)5-6-14-7-8-3-4-8/h8H,3-7,10H2,1-2H3,(H,11,12). The van der Waals surface area contributed by atoms with Crippen LogP contribution in [0, 0.1) is 5.92 Å². The van der Waals surface area contributed by atoms with Crippen LogP contribution in [0.1, 0.15) is 12.8 Å². The molecule has 82 valence electrons. The number of hydrogen-bond donors (Lipinski definition) is 2. The molecule has 5 heteroatoms. The molecule has 1 rings (SSSR count). The first-order valence-corrected chi connectivity index (χ1v) is 5.00. The fourth-order valence-electron chi connectivity index (χ4n) is 1.19. The van der Waals surface area contributed by atoms with Crippen molar-refractivity contribution in [1.29, 1.82) is 0 Å². The summed E-state index contributed by atoms with van der Waals surface area (Å²) in [4.78, 5) is 5.92. The van der Waals surface area contributed by atoms with E-state index in [4.69, 9.17) is 10.6 Å². The summed E-state index contributed by atoms with van der Waals surface area (Å²) in [6.45, 7) is 2.44. The largest absolute Gasteiger partial charge is 0.379 e. The smallest absolute Gasteiger partial charge is 0.207 e. The van der Waals surface area contributed by atoms with Gasteiger partial charge in [0.2, 0.25) is 5.96 Å². The summed E-state index contributed by atoms with van der Waals surface area (Å²) in [6.07, 6.45) is 2.67. The number of guanidine groups is 1. The minimum absolute atomic E-state index is 0.681. The minimum atomic E-state index is 0.681. The van der Waals surface area contributed by atoms with Crippen molar-refractivity contribution >= 4 is 5.96 Å². The van der Waals surface area contributed by atoms with Gasteiger partial charge in [0.1, 0.15) is 0 Å². The average molecular weight is 200 g/mol. The monoisotopic (exact) mass is 200 g/mol. The molecule has 0 spiro atoms. The zero-order valence-electron chi connectivity index (χ0n) is 8.99. The molecule has 1 fully saturated rings. The first kappa shape index (κ1) is 11.3. The van der Waals surface area contributed by atoms with Crippen molar-refractivity contribution in [3.8, 4) is 0 Å². The van der Waals surface area contributed by atoms with Gasteiger partial charge in [-0.3, -0.25) is 10.4 Å². The average Bonchev–Trinajstić information content (AvgIpc) is 2.98. The highest BCUT2D eigenvalue weighted by Gasteiger charge is 2.20. The lowest BCUT2D eigenvalue weighted by molar-refractivity contribution is 0.115. The van der Waals surface area contributed by atoms with Crippen LogP contribution < -0.4 is 11.3 Å². The van der Waals surface area contributed by atoms with Crippen molar-refractivity contribution in [3.05, 3.63) is 0 Å². The van der Waals surface area contributed by atoms with Crippen molar-refractivity contribution in [1.82, 2.24) is 10.3 Å². The van der Waals surface area contributed by atoms with E-state index in [0.29, 0.717) is 5.96 Å². The van der Waals surface area contributed by atoms with Crippen LogP contribution in [0.2, 0.25) is 0 Å². The third-order valence-corrected chi connectivity index (χ3v) is 2.32. The Bertz CT molecular complexity index is 191. The van der Waals surface area contributed by atoms with E-state index in [1.807, 2.05) is 11.9 Å². The maximum atomic E-state index is 5.50. The summed E-state index contributed by atoms with van der Waals surface area (Å²) in [5.74, 6) is 6.79.